The summed E-state index contributed by atoms with van der Waals surface area (Å²) in [5.41, 5.74) is 2.52. The SMILES string of the molecule is CC(C)(NC(=O)CC1(NC(=O)OCC2c3ccccc3-c3ccccc32)CCC1)C(=O)O. The van der Waals surface area contributed by atoms with Crippen molar-refractivity contribution in [3.05, 3.63) is 59.7 Å². The van der Waals surface area contributed by atoms with Gasteiger partial charge in [-0.1, -0.05) is 48.5 Å². The van der Waals surface area contributed by atoms with Crippen molar-refractivity contribution in [2.75, 3.05) is 6.61 Å². The molecule has 0 unspecified atom stereocenters. The Balaban J connectivity index is 1.38. The quantitative estimate of drug-likeness (QED) is 0.612. The maximum absolute atomic E-state index is 12.6. The van der Waals surface area contributed by atoms with Gasteiger partial charge in [-0.15, -0.1) is 0 Å². The van der Waals surface area contributed by atoms with Crippen LogP contribution in [0.25, 0.3) is 11.1 Å². The number of rotatable bonds is 7. The molecule has 0 radical (unpaired) electrons. The Bertz CT molecular complexity index is 1010. The molecule has 4 rings (SSSR count). The molecule has 0 aromatic heterocycles. The molecule has 0 heterocycles. The average molecular weight is 437 g/mol. The lowest BCUT2D eigenvalue weighted by Gasteiger charge is -2.42. The normalized spacial score (nSPS) is 16.3. The van der Waals surface area contributed by atoms with E-state index >= 15 is 0 Å². The van der Waals surface area contributed by atoms with Gasteiger partial charge in [-0.05, 0) is 55.4 Å². The highest BCUT2D eigenvalue weighted by atomic mass is 16.5. The third kappa shape index (κ3) is 4.20. The summed E-state index contributed by atoms with van der Waals surface area (Å²) in [6, 6.07) is 16.2. The van der Waals surface area contributed by atoms with Gasteiger partial charge in [0.1, 0.15) is 12.1 Å². The molecule has 1 saturated carbocycles. The maximum Gasteiger partial charge on any atom is 0.407 e. The predicted octanol–water partition coefficient (Wildman–Crippen LogP) is 3.82. The van der Waals surface area contributed by atoms with E-state index in [4.69, 9.17) is 4.74 Å². The van der Waals surface area contributed by atoms with Crippen LogP contribution in [0.15, 0.2) is 48.5 Å². The molecule has 2 aliphatic rings. The molecule has 0 bridgehead atoms. The molecular weight excluding hydrogens is 408 g/mol. The molecule has 0 atom stereocenters. The Morgan fingerprint density at radius 1 is 1.03 bits per heavy atom. The van der Waals surface area contributed by atoms with Gasteiger partial charge in [0.25, 0.3) is 0 Å². The number of hydrogen-bond donors (Lipinski definition) is 3. The molecule has 0 aliphatic heterocycles. The molecule has 2 aromatic carbocycles. The first-order valence-electron chi connectivity index (χ1n) is 10.9. The number of fused-ring (bicyclic) bond motifs is 3. The first-order valence-corrected chi connectivity index (χ1v) is 10.9. The van der Waals surface area contributed by atoms with Crippen molar-refractivity contribution in [2.45, 2.75) is 56.5 Å². The number of benzene rings is 2. The molecule has 3 N–H and O–H groups in total. The first kappa shape index (κ1) is 21.9. The van der Waals surface area contributed by atoms with Crippen LogP contribution in [0.3, 0.4) is 0 Å². The Labute approximate surface area is 187 Å². The maximum atomic E-state index is 12.6. The Morgan fingerprint density at radius 2 is 1.59 bits per heavy atom. The van der Waals surface area contributed by atoms with Crippen LogP contribution in [0, 0.1) is 0 Å². The highest BCUT2D eigenvalue weighted by Gasteiger charge is 2.42. The van der Waals surface area contributed by atoms with Crippen molar-refractivity contribution in [3.63, 3.8) is 0 Å². The number of carbonyl (C=O) groups excluding carboxylic acids is 2. The summed E-state index contributed by atoms with van der Waals surface area (Å²) < 4.78 is 5.62. The summed E-state index contributed by atoms with van der Waals surface area (Å²) in [6.45, 7) is 3.06. The summed E-state index contributed by atoms with van der Waals surface area (Å²) in [5, 5.41) is 14.6. The zero-order chi connectivity index (χ0) is 22.9. The van der Waals surface area contributed by atoms with Crippen molar-refractivity contribution >= 4 is 18.0 Å². The molecule has 2 aromatic rings. The van der Waals surface area contributed by atoms with Gasteiger partial charge in [0, 0.05) is 12.3 Å². The number of ether oxygens (including phenoxy) is 1. The summed E-state index contributed by atoms with van der Waals surface area (Å²) in [5.74, 6) is -1.56. The van der Waals surface area contributed by atoms with E-state index in [-0.39, 0.29) is 18.9 Å². The fraction of sp³-hybridized carbons (Fsp3) is 0.400. The summed E-state index contributed by atoms with van der Waals surface area (Å²) in [7, 11) is 0. The number of carbonyl (C=O) groups is 3. The smallest absolute Gasteiger partial charge is 0.407 e. The minimum Gasteiger partial charge on any atom is -0.480 e. The number of carboxylic acid groups (broad SMARTS) is 1. The molecule has 0 spiro atoms. The largest absolute Gasteiger partial charge is 0.480 e. The molecule has 168 valence electrons. The topological polar surface area (TPSA) is 105 Å². The van der Waals surface area contributed by atoms with E-state index < -0.39 is 29.0 Å². The van der Waals surface area contributed by atoms with Crippen molar-refractivity contribution in [1.82, 2.24) is 10.6 Å². The number of carboxylic acids is 1. The van der Waals surface area contributed by atoms with Gasteiger partial charge >= 0.3 is 12.1 Å². The predicted molar refractivity (Wildman–Crippen MR) is 119 cm³/mol. The second-order valence-corrected chi connectivity index (χ2v) is 9.24. The van der Waals surface area contributed by atoms with Crippen molar-refractivity contribution in [1.29, 1.82) is 0 Å². The van der Waals surface area contributed by atoms with E-state index in [1.54, 1.807) is 0 Å². The lowest BCUT2D eigenvalue weighted by Crippen LogP contribution is -2.58. The van der Waals surface area contributed by atoms with Crippen LogP contribution >= 0.6 is 0 Å². The Kier molecular flexibility index (Phi) is 5.67. The van der Waals surface area contributed by atoms with Crippen molar-refractivity contribution < 1.29 is 24.2 Å². The average Bonchev–Trinajstić information content (AvgIpc) is 3.04. The van der Waals surface area contributed by atoms with Gasteiger partial charge < -0.3 is 20.5 Å². The second kappa shape index (κ2) is 8.30. The van der Waals surface area contributed by atoms with Crippen LogP contribution in [0.5, 0.6) is 0 Å². The van der Waals surface area contributed by atoms with Crippen LogP contribution in [-0.4, -0.2) is 40.8 Å². The van der Waals surface area contributed by atoms with Crippen molar-refractivity contribution in [2.24, 2.45) is 0 Å². The number of aliphatic carboxylic acids is 1. The lowest BCUT2D eigenvalue weighted by atomic mass is 9.74. The molecule has 32 heavy (non-hydrogen) atoms. The zero-order valence-electron chi connectivity index (χ0n) is 18.3. The summed E-state index contributed by atoms with van der Waals surface area (Å²) in [6.07, 6.45) is 1.65. The molecule has 0 saturated heterocycles. The number of amides is 2. The molecule has 2 aliphatic carbocycles. The minimum atomic E-state index is -1.37. The minimum absolute atomic E-state index is 0.0217. The van der Waals surface area contributed by atoms with Crippen molar-refractivity contribution in [3.8, 4) is 11.1 Å². The lowest BCUT2D eigenvalue weighted by molar-refractivity contribution is -0.146. The Morgan fingerprint density at radius 3 is 2.09 bits per heavy atom. The van der Waals surface area contributed by atoms with Crippen LogP contribution in [-0.2, 0) is 14.3 Å². The van der Waals surface area contributed by atoms with Crippen LogP contribution in [0.4, 0.5) is 4.79 Å². The van der Waals surface area contributed by atoms with Crippen LogP contribution < -0.4 is 10.6 Å². The van der Waals surface area contributed by atoms with E-state index in [0.29, 0.717) is 12.8 Å². The van der Waals surface area contributed by atoms with E-state index in [1.807, 2.05) is 24.3 Å². The van der Waals surface area contributed by atoms with E-state index in [9.17, 15) is 19.5 Å². The fourth-order valence-corrected chi connectivity index (χ4v) is 4.55. The van der Waals surface area contributed by atoms with Gasteiger partial charge in [-0.25, -0.2) is 9.59 Å². The summed E-state index contributed by atoms with van der Waals surface area (Å²) >= 11 is 0. The monoisotopic (exact) mass is 436 g/mol. The number of hydrogen-bond acceptors (Lipinski definition) is 4. The number of alkyl carbamates (subject to hydrolysis) is 1. The van der Waals surface area contributed by atoms with E-state index in [1.165, 1.54) is 13.8 Å². The van der Waals surface area contributed by atoms with Gasteiger partial charge in [-0.3, -0.25) is 4.79 Å². The molecule has 1 fully saturated rings. The Hall–Kier alpha value is -3.35. The molecule has 7 nitrogen and oxygen atoms in total. The van der Waals surface area contributed by atoms with Gasteiger partial charge in [0.15, 0.2) is 0 Å². The molecule has 7 heteroatoms. The third-order valence-corrected chi connectivity index (χ3v) is 6.51. The third-order valence-electron chi connectivity index (χ3n) is 6.51. The second-order valence-electron chi connectivity index (χ2n) is 9.24. The zero-order valence-corrected chi connectivity index (χ0v) is 18.3. The first-order chi connectivity index (χ1) is 15.2. The van der Waals surface area contributed by atoms with Crippen LogP contribution in [0.1, 0.15) is 56.6 Å². The fourth-order valence-electron chi connectivity index (χ4n) is 4.55. The standard InChI is InChI=1S/C25H28N2O5/c1-24(2,22(29)30)26-21(28)14-25(12-7-13-25)27-23(31)32-15-20-18-10-5-3-8-16(18)17-9-4-6-11-19(17)20/h3-6,8-11,20H,7,12-15H2,1-2H3,(H,26,28)(H,27,31)(H,29,30). The molecular formula is C25H28N2O5. The highest BCUT2D eigenvalue weighted by Crippen LogP contribution is 2.44. The highest BCUT2D eigenvalue weighted by molar-refractivity contribution is 5.87. The van der Waals surface area contributed by atoms with E-state index in [0.717, 1.165) is 28.7 Å². The van der Waals surface area contributed by atoms with Gasteiger partial charge in [0.2, 0.25) is 5.91 Å². The summed E-state index contributed by atoms with van der Waals surface area (Å²) in [4.78, 5) is 36.3. The van der Waals surface area contributed by atoms with E-state index in [2.05, 4.69) is 34.9 Å². The molecule has 2 amide bonds. The van der Waals surface area contributed by atoms with Gasteiger partial charge in [0.05, 0.1) is 5.54 Å². The van der Waals surface area contributed by atoms with Crippen LogP contribution in [0.2, 0.25) is 0 Å². The van der Waals surface area contributed by atoms with Gasteiger partial charge in [-0.2, -0.15) is 0 Å². The number of nitrogens with one attached hydrogen (secondary N) is 2.